The molecule has 2 rings (SSSR count). The molecule has 0 saturated heterocycles. The average molecular weight is 463 g/mol. The summed E-state index contributed by atoms with van der Waals surface area (Å²) in [4.78, 5) is 13.5. The number of benzene rings is 2. The van der Waals surface area contributed by atoms with E-state index in [0.717, 1.165) is 29.7 Å². The molecule has 7 heteroatoms. The zero-order valence-electron chi connectivity index (χ0n) is 18.9. The van der Waals surface area contributed by atoms with Crippen LogP contribution in [0.25, 0.3) is 0 Å². The van der Waals surface area contributed by atoms with Gasteiger partial charge in [-0.2, -0.15) is 0 Å². The molecule has 1 atom stereocenters. The highest BCUT2D eigenvalue weighted by Crippen LogP contribution is 2.25. The monoisotopic (exact) mass is 462 g/mol. The van der Waals surface area contributed by atoms with Gasteiger partial charge in [-0.3, -0.25) is 9.10 Å². The zero-order valence-corrected chi connectivity index (χ0v) is 20.6. The van der Waals surface area contributed by atoms with Crippen LogP contribution < -0.4 is 9.62 Å². The van der Waals surface area contributed by atoms with Crippen LogP contribution in [0.1, 0.15) is 55.5 Å². The van der Waals surface area contributed by atoms with E-state index in [1.165, 1.54) is 17.0 Å². The highest BCUT2D eigenvalue weighted by atomic mass is 32.2. The third kappa shape index (κ3) is 7.89. The second-order valence-electron chi connectivity index (χ2n) is 7.79. The first-order chi connectivity index (χ1) is 14.8. The van der Waals surface area contributed by atoms with E-state index >= 15 is 0 Å². The second kappa shape index (κ2) is 12.2. The molecule has 170 valence electrons. The standard InChI is InChI=1S/C24H34N2O3S2/c1-5-7-9-19(6-2)17-25-24(27)21-14-12-20(13-15-21)18-26(31(4,28)29)22-10-8-11-23(16-22)30-3/h8,10-16,19H,5-7,9,17-18H2,1-4H3,(H,25,27)/t19-/m0/s1. The second-order valence-corrected chi connectivity index (χ2v) is 10.6. The molecule has 0 aliphatic carbocycles. The first kappa shape index (κ1) is 25.3. The molecule has 5 nitrogen and oxygen atoms in total. The Morgan fingerprint density at radius 1 is 1.13 bits per heavy atom. The minimum Gasteiger partial charge on any atom is -0.352 e. The van der Waals surface area contributed by atoms with E-state index in [2.05, 4.69) is 19.2 Å². The van der Waals surface area contributed by atoms with E-state index in [-0.39, 0.29) is 12.5 Å². The third-order valence-corrected chi connectivity index (χ3v) is 7.24. The molecule has 2 aromatic rings. The Kier molecular flexibility index (Phi) is 9.91. The Bertz CT molecular complexity index is 944. The Balaban J connectivity index is 2.07. The van der Waals surface area contributed by atoms with Gasteiger partial charge in [0, 0.05) is 17.0 Å². The van der Waals surface area contributed by atoms with E-state index in [1.54, 1.807) is 30.0 Å². The van der Waals surface area contributed by atoms with Crippen molar-refractivity contribution in [2.45, 2.75) is 51.0 Å². The van der Waals surface area contributed by atoms with Crippen molar-refractivity contribution in [3.05, 3.63) is 59.7 Å². The fourth-order valence-corrected chi connectivity index (χ4v) is 4.71. The van der Waals surface area contributed by atoms with Crippen molar-refractivity contribution in [2.24, 2.45) is 5.92 Å². The molecule has 31 heavy (non-hydrogen) atoms. The smallest absolute Gasteiger partial charge is 0.251 e. The molecule has 1 amide bonds. The fourth-order valence-electron chi connectivity index (χ4n) is 3.38. The number of sulfonamides is 1. The van der Waals surface area contributed by atoms with Crippen LogP contribution in [-0.2, 0) is 16.6 Å². The summed E-state index contributed by atoms with van der Waals surface area (Å²) in [6.45, 7) is 5.24. The number of carbonyl (C=O) groups excluding carboxylic acids is 1. The predicted octanol–water partition coefficient (Wildman–Crippen LogP) is 5.32. The summed E-state index contributed by atoms with van der Waals surface area (Å²) in [7, 11) is -3.45. The average Bonchev–Trinajstić information content (AvgIpc) is 2.77. The number of amides is 1. The molecule has 2 aromatic carbocycles. The summed E-state index contributed by atoms with van der Waals surface area (Å²) >= 11 is 1.57. The minimum absolute atomic E-state index is 0.0888. The van der Waals surface area contributed by atoms with Crippen LogP contribution in [0.4, 0.5) is 5.69 Å². The van der Waals surface area contributed by atoms with Gasteiger partial charge in [-0.15, -0.1) is 11.8 Å². The highest BCUT2D eigenvalue weighted by Gasteiger charge is 2.18. The van der Waals surface area contributed by atoms with Gasteiger partial charge in [0.25, 0.3) is 5.91 Å². The maximum Gasteiger partial charge on any atom is 0.251 e. The normalized spacial score (nSPS) is 12.4. The van der Waals surface area contributed by atoms with E-state index in [9.17, 15) is 13.2 Å². The summed E-state index contributed by atoms with van der Waals surface area (Å²) in [5, 5.41) is 3.03. The molecule has 0 bridgehead atoms. The summed E-state index contributed by atoms with van der Waals surface area (Å²) < 4.78 is 26.2. The number of thioether (sulfide) groups is 1. The van der Waals surface area contributed by atoms with Crippen molar-refractivity contribution in [3.8, 4) is 0 Å². The number of rotatable bonds is 12. The molecular weight excluding hydrogens is 428 g/mol. The molecule has 0 spiro atoms. The molecule has 0 aliphatic rings. The number of nitrogens with zero attached hydrogens (tertiary/aromatic N) is 1. The number of hydrogen-bond donors (Lipinski definition) is 1. The third-order valence-electron chi connectivity index (χ3n) is 5.38. The Hall–Kier alpha value is -1.99. The lowest BCUT2D eigenvalue weighted by Crippen LogP contribution is -2.30. The van der Waals surface area contributed by atoms with Gasteiger partial charge in [-0.1, -0.05) is 51.3 Å². The van der Waals surface area contributed by atoms with Crippen LogP contribution in [0.2, 0.25) is 0 Å². The lowest BCUT2D eigenvalue weighted by atomic mass is 9.99. The van der Waals surface area contributed by atoms with Crippen molar-refractivity contribution in [2.75, 3.05) is 23.4 Å². The van der Waals surface area contributed by atoms with E-state index in [4.69, 9.17) is 0 Å². The number of nitrogens with one attached hydrogen (secondary N) is 1. The number of carbonyl (C=O) groups is 1. The highest BCUT2D eigenvalue weighted by molar-refractivity contribution is 7.98. The molecule has 0 unspecified atom stereocenters. The van der Waals surface area contributed by atoms with Crippen molar-refractivity contribution in [1.29, 1.82) is 0 Å². The minimum atomic E-state index is -3.45. The van der Waals surface area contributed by atoms with E-state index < -0.39 is 10.0 Å². The van der Waals surface area contributed by atoms with Gasteiger partial charge in [0.05, 0.1) is 18.5 Å². The molecule has 0 heterocycles. The lowest BCUT2D eigenvalue weighted by molar-refractivity contribution is 0.0946. The number of anilines is 1. The quantitative estimate of drug-likeness (QED) is 0.434. The van der Waals surface area contributed by atoms with Crippen LogP contribution in [0.15, 0.2) is 53.4 Å². The summed E-state index contributed by atoms with van der Waals surface area (Å²) in [5.41, 5.74) is 2.05. The fraction of sp³-hybridized carbons (Fsp3) is 0.458. The largest absolute Gasteiger partial charge is 0.352 e. The van der Waals surface area contributed by atoms with Crippen LogP contribution in [0.5, 0.6) is 0 Å². The summed E-state index contributed by atoms with van der Waals surface area (Å²) in [5.74, 6) is 0.415. The maximum atomic E-state index is 12.5. The van der Waals surface area contributed by atoms with Crippen molar-refractivity contribution in [1.82, 2.24) is 5.32 Å². The van der Waals surface area contributed by atoms with Gasteiger partial charge in [0.2, 0.25) is 10.0 Å². The van der Waals surface area contributed by atoms with Crippen LogP contribution >= 0.6 is 11.8 Å². The molecule has 0 saturated carbocycles. The SMILES string of the molecule is CCCC[C@H](CC)CNC(=O)c1ccc(CN(c2cccc(SC)c2)S(C)(=O)=O)cc1. The van der Waals surface area contributed by atoms with Gasteiger partial charge in [-0.05, 0) is 54.5 Å². The molecule has 1 N–H and O–H groups in total. The lowest BCUT2D eigenvalue weighted by Gasteiger charge is -2.23. The number of hydrogen-bond acceptors (Lipinski definition) is 4. The van der Waals surface area contributed by atoms with Crippen molar-refractivity contribution >= 4 is 33.4 Å². The van der Waals surface area contributed by atoms with Gasteiger partial charge >= 0.3 is 0 Å². The predicted molar refractivity (Wildman–Crippen MR) is 131 cm³/mol. The van der Waals surface area contributed by atoms with Crippen LogP contribution in [0.3, 0.4) is 0 Å². The Labute approximate surface area is 191 Å². The van der Waals surface area contributed by atoms with Crippen LogP contribution in [-0.4, -0.2) is 33.4 Å². The van der Waals surface area contributed by atoms with E-state index in [0.29, 0.717) is 23.7 Å². The van der Waals surface area contributed by atoms with Gasteiger partial charge in [-0.25, -0.2) is 8.42 Å². The van der Waals surface area contributed by atoms with Crippen molar-refractivity contribution in [3.63, 3.8) is 0 Å². The first-order valence-electron chi connectivity index (χ1n) is 10.8. The van der Waals surface area contributed by atoms with Crippen LogP contribution in [0, 0.1) is 5.92 Å². The molecular formula is C24H34N2O3S2. The summed E-state index contributed by atoms with van der Waals surface area (Å²) in [6, 6.07) is 14.6. The summed E-state index contributed by atoms with van der Waals surface area (Å²) in [6.07, 6.45) is 7.70. The molecule has 0 radical (unpaired) electrons. The van der Waals surface area contributed by atoms with Gasteiger partial charge in [0.1, 0.15) is 0 Å². The Morgan fingerprint density at radius 3 is 2.42 bits per heavy atom. The first-order valence-corrected chi connectivity index (χ1v) is 13.8. The van der Waals surface area contributed by atoms with Crippen molar-refractivity contribution < 1.29 is 13.2 Å². The van der Waals surface area contributed by atoms with E-state index in [1.807, 2.05) is 36.6 Å². The number of unbranched alkanes of at least 4 members (excludes halogenated alkanes) is 1. The molecule has 0 fully saturated rings. The Morgan fingerprint density at radius 2 is 1.84 bits per heavy atom. The molecule has 0 aliphatic heterocycles. The topological polar surface area (TPSA) is 66.5 Å². The van der Waals surface area contributed by atoms with Gasteiger partial charge in [0.15, 0.2) is 0 Å². The maximum absolute atomic E-state index is 12.5. The zero-order chi connectivity index (χ0) is 22.9. The molecule has 0 aromatic heterocycles. The van der Waals surface area contributed by atoms with Gasteiger partial charge < -0.3 is 5.32 Å².